The highest BCUT2D eigenvalue weighted by Crippen LogP contribution is 2.32. The molecule has 1 aromatic carbocycles. The second kappa shape index (κ2) is 7.43. The zero-order valence-electron chi connectivity index (χ0n) is 12.5. The third kappa shape index (κ3) is 4.34. The van der Waals surface area contributed by atoms with Crippen LogP contribution in [0.4, 0.5) is 8.78 Å². The van der Waals surface area contributed by atoms with E-state index in [9.17, 15) is 8.78 Å². The van der Waals surface area contributed by atoms with Gasteiger partial charge in [0.15, 0.2) is 11.5 Å². The average Bonchev–Trinajstić information content (AvgIpc) is 2.45. The van der Waals surface area contributed by atoms with Gasteiger partial charge in [0.25, 0.3) is 0 Å². The summed E-state index contributed by atoms with van der Waals surface area (Å²) in [6.07, 6.45) is 1.91. The number of benzene rings is 1. The summed E-state index contributed by atoms with van der Waals surface area (Å²) in [6, 6.07) is 5.14. The summed E-state index contributed by atoms with van der Waals surface area (Å²) < 4.78 is 34.7. The van der Waals surface area contributed by atoms with Crippen molar-refractivity contribution in [3.05, 3.63) is 23.8 Å². The Kier molecular flexibility index (Phi) is 6.20. The number of nitrogens with one attached hydrogen (secondary N) is 1. The third-order valence-electron chi connectivity index (χ3n) is 3.75. The summed E-state index contributed by atoms with van der Waals surface area (Å²) in [4.78, 5) is 0. The molecule has 0 spiro atoms. The Balaban J connectivity index is 2.93. The molecule has 1 N–H and O–H groups in total. The third-order valence-corrected chi connectivity index (χ3v) is 3.75. The van der Waals surface area contributed by atoms with Gasteiger partial charge in [-0.2, -0.15) is 8.78 Å². The van der Waals surface area contributed by atoms with E-state index in [0.717, 1.165) is 12.8 Å². The summed E-state index contributed by atoms with van der Waals surface area (Å²) in [6.45, 7) is 3.89. The zero-order chi connectivity index (χ0) is 15.2. The first kappa shape index (κ1) is 16.7. The smallest absolute Gasteiger partial charge is 0.387 e. The maximum atomic E-state index is 12.5. The topological polar surface area (TPSA) is 30.5 Å². The lowest BCUT2D eigenvalue weighted by atomic mass is 9.95. The molecule has 0 aliphatic heterocycles. The van der Waals surface area contributed by atoms with Crippen LogP contribution >= 0.6 is 0 Å². The lowest BCUT2D eigenvalue weighted by molar-refractivity contribution is -0.0519. The van der Waals surface area contributed by atoms with E-state index in [0.29, 0.717) is 17.9 Å². The Labute approximate surface area is 119 Å². The van der Waals surface area contributed by atoms with Crippen molar-refractivity contribution in [2.24, 2.45) is 0 Å². The van der Waals surface area contributed by atoms with Gasteiger partial charge in [0.2, 0.25) is 0 Å². The normalized spacial score (nSPS) is 11.8. The fraction of sp³-hybridized carbons (Fsp3) is 0.600. The van der Waals surface area contributed by atoms with Gasteiger partial charge in [0, 0.05) is 17.6 Å². The SMILES string of the molecule is CCC(C)(CC)NCc1cccc(OC)c1OC(F)F. The molecule has 114 valence electrons. The predicted molar refractivity (Wildman–Crippen MR) is 75.5 cm³/mol. The van der Waals surface area contributed by atoms with Gasteiger partial charge in [0.05, 0.1) is 7.11 Å². The summed E-state index contributed by atoms with van der Waals surface area (Å²) in [7, 11) is 1.44. The first-order valence-corrected chi connectivity index (χ1v) is 6.81. The van der Waals surface area contributed by atoms with Gasteiger partial charge in [-0.3, -0.25) is 0 Å². The molecule has 1 aromatic rings. The first-order valence-electron chi connectivity index (χ1n) is 6.81. The fourth-order valence-corrected chi connectivity index (χ4v) is 1.89. The molecular weight excluding hydrogens is 264 g/mol. The Morgan fingerprint density at radius 2 is 1.90 bits per heavy atom. The molecule has 0 fully saturated rings. The lowest BCUT2D eigenvalue weighted by Gasteiger charge is -2.29. The van der Waals surface area contributed by atoms with Crippen LogP contribution in [0.15, 0.2) is 18.2 Å². The van der Waals surface area contributed by atoms with E-state index in [2.05, 4.69) is 30.8 Å². The molecule has 0 radical (unpaired) electrons. The molecule has 0 aliphatic carbocycles. The highest BCUT2D eigenvalue weighted by Gasteiger charge is 2.21. The van der Waals surface area contributed by atoms with Crippen molar-refractivity contribution in [1.29, 1.82) is 0 Å². The number of alkyl halides is 2. The summed E-state index contributed by atoms with van der Waals surface area (Å²) in [5, 5.41) is 3.40. The molecular formula is C15H23F2NO2. The van der Waals surface area contributed by atoms with E-state index < -0.39 is 6.61 Å². The number of para-hydroxylation sites is 1. The molecule has 0 aliphatic rings. The van der Waals surface area contributed by atoms with Gasteiger partial charge in [0.1, 0.15) is 0 Å². The van der Waals surface area contributed by atoms with Crippen molar-refractivity contribution >= 4 is 0 Å². The molecule has 0 bridgehead atoms. The van der Waals surface area contributed by atoms with Crippen LogP contribution in [0.3, 0.4) is 0 Å². The van der Waals surface area contributed by atoms with Gasteiger partial charge in [-0.1, -0.05) is 26.0 Å². The highest BCUT2D eigenvalue weighted by molar-refractivity contribution is 5.46. The van der Waals surface area contributed by atoms with E-state index in [1.807, 2.05) is 0 Å². The Hall–Kier alpha value is -1.36. The number of halogens is 2. The highest BCUT2D eigenvalue weighted by atomic mass is 19.3. The maximum absolute atomic E-state index is 12.5. The Morgan fingerprint density at radius 1 is 1.25 bits per heavy atom. The van der Waals surface area contributed by atoms with E-state index in [1.54, 1.807) is 18.2 Å². The van der Waals surface area contributed by atoms with Gasteiger partial charge in [-0.25, -0.2) is 0 Å². The fourth-order valence-electron chi connectivity index (χ4n) is 1.89. The Morgan fingerprint density at radius 3 is 2.40 bits per heavy atom. The van der Waals surface area contributed by atoms with Gasteiger partial charge in [-0.15, -0.1) is 0 Å². The van der Waals surface area contributed by atoms with Gasteiger partial charge < -0.3 is 14.8 Å². The van der Waals surface area contributed by atoms with Gasteiger partial charge >= 0.3 is 6.61 Å². The van der Waals surface area contributed by atoms with E-state index in [1.165, 1.54) is 7.11 Å². The summed E-state index contributed by atoms with van der Waals surface area (Å²) in [5.74, 6) is 0.423. The number of ether oxygens (including phenoxy) is 2. The second-order valence-corrected chi connectivity index (χ2v) is 4.95. The minimum atomic E-state index is -2.87. The molecule has 20 heavy (non-hydrogen) atoms. The molecule has 0 atom stereocenters. The molecule has 0 amide bonds. The van der Waals surface area contributed by atoms with Crippen LogP contribution in [0.1, 0.15) is 39.2 Å². The van der Waals surface area contributed by atoms with Crippen molar-refractivity contribution in [3.63, 3.8) is 0 Å². The minimum Gasteiger partial charge on any atom is -0.493 e. The second-order valence-electron chi connectivity index (χ2n) is 4.95. The van der Waals surface area contributed by atoms with Crippen molar-refractivity contribution in [2.45, 2.75) is 52.3 Å². The molecule has 5 heteroatoms. The number of rotatable bonds is 8. The first-order chi connectivity index (χ1) is 9.45. The minimum absolute atomic E-state index is 0.0226. The molecule has 0 unspecified atom stereocenters. The number of methoxy groups -OCH3 is 1. The van der Waals surface area contributed by atoms with Crippen LogP contribution in [0, 0.1) is 0 Å². The molecule has 0 aromatic heterocycles. The van der Waals surface area contributed by atoms with Crippen LogP contribution in [0.5, 0.6) is 11.5 Å². The van der Waals surface area contributed by atoms with E-state index in [-0.39, 0.29) is 11.3 Å². The van der Waals surface area contributed by atoms with Crippen molar-refractivity contribution < 1.29 is 18.3 Å². The molecule has 0 heterocycles. The van der Waals surface area contributed by atoms with Crippen LogP contribution in [-0.4, -0.2) is 19.3 Å². The quantitative estimate of drug-likeness (QED) is 0.785. The number of hydrogen-bond acceptors (Lipinski definition) is 3. The average molecular weight is 287 g/mol. The standard InChI is InChI=1S/C15H23F2NO2/c1-5-15(3,6-2)18-10-11-8-7-9-12(19-4)13(11)20-14(16)17/h7-9,14,18H,5-6,10H2,1-4H3. The van der Waals surface area contributed by atoms with E-state index >= 15 is 0 Å². The van der Waals surface area contributed by atoms with E-state index in [4.69, 9.17) is 4.74 Å². The molecule has 0 saturated heterocycles. The van der Waals surface area contributed by atoms with Crippen LogP contribution in [0.2, 0.25) is 0 Å². The predicted octanol–water partition coefficient (Wildman–Crippen LogP) is 3.96. The van der Waals surface area contributed by atoms with Crippen LogP contribution in [-0.2, 0) is 6.54 Å². The zero-order valence-corrected chi connectivity index (χ0v) is 12.5. The monoisotopic (exact) mass is 287 g/mol. The lowest BCUT2D eigenvalue weighted by Crippen LogP contribution is -2.40. The maximum Gasteiger partial charge on any atom is 0.387 e. The van der Waals surface area contributed by atoms with Crippen LogP contribution in [0.25, 0.3) is 0 Å². The van der Waals surface area contributed by atoms with Crippen LogP contribution < -0.4 is 14.8 Å². The molecule has 3 nitrogen and oxygen atoms in total. The van der Waals surface area contributed by atoms with Crippen molar-refractivity contribution in [1.82, 2.24) is 5.32 Å². The number of hydrogen-bond donors (Lipinski definition) is 1. The summed E-state index contributed by atoms with van der Waals surface area (Å²) >= 11 is 0. The molecule has 0 saturated carbocycles. The van der Waals surface area contributed by atoms with Gasteiger partial charge in [-0.05, 0) is 25.8 Å². The van der Waals surface area contributed by atoms with Crippen molar-refractivity contribution in [2.75, 3.05) is 7.11 Å². The summed E-state index contributed by atoms with van der Waals surface area (Å²) in [5.41, 5.74) is 0.642. The largest absolute Gasteiger partial charge is 0.493 e. The Bertz CT molecular complexity index is 420. The van der Waals surface area contributed by atoms with Crippen molar-refractivity contribution in [3.8, 4) is 11.5 Å². The molecule has 1 rings (SSSR count).